The van der Waals surface area contributed by atoms with Crippen LogP contribution in [-0.4, -0.2) is 50.6 Å². The maximum absolute atomic E-state index is 12.3. The van der Waals surface area contributed by atoms with Crippen molar-refractivity contribution in [2.24, 2.45) is 11.7 Å². The minimum absolute atomic E-state index is 0.284. The summed E-state index contributed by atoms with van der Waals surface area (Å²) in [5.74, 6) is -4.82. The first-order valence-electron chi connectivity index (χ1n) is 7.72. The number of nitrogens with zero attached hydrogens (tertiary/aromatic N) is 1. The van der Waals surface area contributed by atoms with Crippen molar-refractivity contribution >= 4 is 23.7 Å². The molecule has 1 aromatic rings. The number of carbonyl (C=O) groups is 4. The Bertz CT molecular complexity index is 835. The molecule has 0 spiro atoms. The van der Waals surface area contributed by atoms with Crippen molar-refractivity contribution in [3.8, 4) is 5.75 Å². The van der Waals surface area contributed by atoms with Crippen LogP contribution in [-0.2, 0) is 19.2 Å². The molecule has 1 aromatic carbocycles. The van der Waals surface area contributed by atoms with Gasteiger partial charge in [-0.15, -0.1) is 0 Å². The number of aromatic hydroxyl groups is 1. The van der Waals surface area contributed by atoms with E-state index in [-0.39, 0.29) is 11.1 Å². The lowest BCUT2D eigenvalue weighted by molar-refractivity contribution is -0.215. The predicted molar refractivity (Wildman–Crippen MR) is 84.4 cm³/mol. The molecule has 10 heteroatoms. The molecule has 3 unspecified atom stereocenters. The number of phenols is 1. The van der Waals surface area contributed by atoms with Crippen LogP contribution < -0.4 is 11.1 Å². The zero-order valence-corrected chi connectivity index (χ0v) is 13.9. The Morgan fingerprint density at radius 3 is 2.50 bits per heavy atom. The van der Waals surface area contributed by atoms with E-state index in [0.717, 1.165) is 11.1 Å². The molecule has 3 atom stereocenters. The summed E-state index contributed by atoms with van der Waals surface area (Å²) in [6.07, 6.45) is -1.16. The number of primary amides is 1. The normalized spacial score (nSPS) is 25.8. The molecule has 0 saturated carbocycles. The third-order valence-corrected chi connectivity index (χ3v) is 4.70. The standard InChI is InChI=1S/C16H17N3O7/c1-16(2,15(17)25)19-10(9-11(26-19)13(22)18-12(9)21)6-3-4-8(20)7(5-6)14(23)24/h3-5,9-11,20H,1-2H3,(H2,17,25)(H,23,24)(H,18,21,22). The third kappa shape index (κ3) is 2.50. The van der Waals surface area contributed by atoms with E-state index in [1.54, 1.807) is 0 Å². The fourth-order valence-corrected chi connectivity index (χ4v) is 3.17. The molecule has 3 amide bonds. The molecule has 0 bridgehead atoms. The average molecular weight is 363 g/mol. The number of aromatic carboxylic acids is 1. The molecule has 26 heavy (non-hydrogen) atoms. The highest BCUT2D eigenvalue weighted by Crippen LogP contribution is 2.46. The fourth-order valence-electron chi connectivity index (χ4n) is 3.17. The average Bonchev–Trinajstić information content (AvgIpc) is 3.07. The highest BCUT2D eigenvalue weighted by atomic mass is 16.7. The Kier molecular flexibility index (Phi) is 3.97. The Hall–Kier alpha value is -2.98. The second-order valence-corrected chi connectivity index (χ2v) is 6.68. The molecule has 0 radical (unpaired) electrons. The number of carbonyl (C=O) groups excluding carboxylic acids is 3. The van der Waals surface area contributed by atoms with Crippen LogP contribution in [0.1, 0.15) is 35.8 Å². The van der Waals surface area contributed by atoms with Gasteiger partial charge in [0.15, 0.2) is 6.10 Å². The van der Waals surface area contributed by atoms with Crippen LogP contribution in [0.25, 0.3) is 0 Å². The van der Waals surface area contributed by atoms with Crippen LogP contribution in [0.15, 0.2) is 18.2 Å². The van der Waals surface area contributed by atoms with Crippen molar-refractivity contribution < 1.29 is 34.2 Å². The van der Waals surface area contributed by atoms with Gasteiger partial charge in [0, 0.05) is 0 Å². The number of carboxylic acids is 1. The van der Waals surface area contributed by atoms with Crippen LogP contribution in [0.3, 0.4) is 0 Å². The minimum Gasteiger partial charge on any atom is -0.507 e. The van der Waals surface area contributed by atoms with Gasteiger partial charge in [-0.2, -0.15) is 5.06 Å². The SMILES string of the molecule is CC(C)(C(N)=O)N1OC2C(=O)NC(=O)C2C1c1ccc(O)c(C(=O)O)c1. The van der Waals surface area contributed by atoms with Gasteiger partial charge in [0.25, 0.3) is 5.91 Å². The van der Waals surface area contributed by atoms with Crippen molar-refractivity contribution in [2.75, 3.05) is 0 Å². The zero-order chi connectivity index (χ0) is 19.4. The molecule has 2 fully saturated rings. The van der Waals surface area contributed by atoms with Gasteiger partial charge in [0.1, 0.15) is 16.9 Å². The van der Waals surface area contributed by atoms with Crippen LogP contribution in [0.5, 0.6) is 5.75 Å². The number of hydroxylamine groups is 2. The smallest absolute Gasteiger partial charge is 0.339 e. The number of carboxylic acid groups (broad SMARTS) is 1. The summed E-state index contributed by atoms with van der Waals surface area (Å²) in [6.45, 7) is 2.93. The van der Waals surface area contributed by atoms with Crippen LogP contribution in [0, 0.1) is 5.92 Å². The molecule has 10 nitrogen and oxygen atoms in total. The molecule has 2 aliphatic heterocycles. The molecule has 2 saturated heterocycles. The van der Waals surface area contributed by atoms with Crippen molar-refractivity contribution in [3.63, 3.8) is 0 Å². The van der Waals surface area contributed by atoms with Gasteiger partial charge in [-0.05, 0) is 31.5 Å². The minimum atomic E-state index is -1.39. The molecule has 138 valence electrons. The second-order valence-electron chi connectivity index (χ2n) is 6.68. The molecular formula is C16H17N3O7. The summed E-state index contributed by atoms with van der Waals surface area (Å²) >= 11 is 0. The Morgan fingerprint density at radius 2 is 1.92 bits per heavy atom. The first-order chi connectivity index (χ1) is 12.1. The highest BCUT2D eigenvalue weighted by Gasteiger charge is 2.60. The number of amides is 3. The fraction of sp³-hybridized carbons (Fsp3) is 0.375. The van der Waals surface area contributed by atoms with Crippen molar-refractivity contribution in [2.45, 2.75) is 31.5 Å². The predicted octanol–water partition coefficient (Wildman–Crippen LogP) is -0.716. The Balaban J connectivity index is 2.15. The largest absolute Gasteiger partial charge is 0.507 e. The summed E-state index contributed by atoms with van der Waals surface area (Å²) in [7, 11) is 0. The number of rotatable bonds is 4. The van der Waals surface area contributed by atoms with Crippen LogP contribution >= 0.6 is 0 Å². The quantitative estimate of drug-likeness (QED) is 0.510. The number of benzene rings is 1. The van der Waals surface area contributed by atoms with E-state index in [0.29, 0.717) is 0 Å². The summed E-state index contributed by atoms with van der Waals surface area (Å²) < 4.78 is 0. The summed E-state index contributed by atoms with van der Waals surface area (Å²) in [6, 6.07) is 2.79. The van der Waals surface area contributed by atoms with Crippen molar-refractivity contribution in [1.29, 1.82) is 0 Å². The van der Waals surface area contributed by atoms with Crippen molar-refractivity contribution in [3.05, 3.63) is 29.3 Å². The third-order valence-electron chi connectivity index (χ3n) is 4.70. The summed E-state index contributed by atoms with van der Waals surface area (Å²) in [5, 5.41) is 22.2. The van der Waals surface area contributed by atoms with E-state index in [2.05, 4.69) is 5.32 Å². The van der Waals surface area contributed by atoms with Gasteiger partial charge in [0.05, 0.1) is 12.0 Å². The van der Waals surface area contributed by atoms with E-state index in [4.69, 9.17) is 10.6 Å². The number of nitrogens with one attached hydrogen (secondary N) is 1. The lowest BCUT2D eigenvalue weighted by atomic mass is 9.87. The molecule has 0 aromatic heterocycles. The second kappa shape index (κ2) is 5.78. The topological polar surface area (TPSA) is 159 Å². The number of nitrogens with two attached hydrogens (primary N) is 1. The van der Waals surface area contributed by atoms with E-state index in [9.17, 15) is 29.4 Å². The summed E-state index contributed by atoms with van der Waals surface area (Å²) in [5.41, 5.74) is 3.94. The first kappa shape index (κ1) is 17.8. The van der Waals surface area contributed by atoms with Gasteiger partial charge in [-0.3, -0.25) is 24.5 Å². The van der Waals surface area contributed by atoms with E-state index < -0.39 is 53.0 Å². The van der Waals surface area contributed by atoms with E-state index in [1.165, 1.54) is 26.0 Å². The first-order valence-corrected chi connectivity index (χ1v) is 7.72. The Labute approximate surface area is 147 Å². The molecule has 5 N–H and O–H groups in total. The number of hydrogen-bond acceptors (Lipinski definition) is 7. The zero-order valence-electron chi connectivity index (χ0n) is 13.9. The monoisotopic (exact) mass is 363 g/mol. The molecule has 3 rings (SSSR count). The van der Waals surface area contributed by atoms with Crippen LogP contribution in [0.4, 0.5) is 0 Å². The van der Waals surface area contributed by atoms with Gasteiger partial charge in [-0.25, -0.2) is 4.79 Å². The lowest BCUT2D eigenvalue weighted by Gasteiger charge is -2.36. The number of hydrogen-bond donors (Lipinski definition) is 4. The molecular weight excluding hydrogens is 346 g/mol. The van der Waals surface area contributed by atoms with Gasteiger partial charge in [-0.1, -0.05) is 6.07 Å². The molecule has 2 aliphatic rings. The number of fused-ring (bicyclic) bond motifs is 1. The van der Waals surface area contributed by atoms with E-state index in [1.807, 2.05) is 0 Å². The molecule has 2 heterocycles. The lowest BCUT2D eigenvalue weighted by Crippen LogP contribution is -2.53. The van der Waals surface area contributed by atoms with Gasteiger partial charge in [0.2, 0.25) is 11.8 Å². The van der Waals surface area contributed by atoms with Gasteiger partial charge < -0.3 is 15.9 Å². The number of imide groups is 1. The highest BCUT2D eigenvalue weighted by molar-refractivity contribution is 6.07. The maximum atomic E-state index is 12.3. The van der Waals surface area contributed by atoms with Gasteiger partial charge >= 0.3 is 5.97 Å². The van der Waals surface area contributed by atoms with Crippen molar-refractivity contribution in [1.82, 2.24) is 10.4 Å². The summed E-state index contributed by atoms with van der Waals surface area (Å²) in [4.78, 5) is 53.0. The van der Waals surface area contributed by atoms with E-state index >= 15 is 0 Å². The van der Waals surface area contributed by atoms with Crippen LogP contribution in [0.2, 0.25) is 0 Å². The maximum Gasteiger partial charge on any atom is 0.339 e. The molecule has 0 aliphatic carbocycles. The Morgan fingerprint density at radius 1 is 1.27 bits per heavy atom.